The molecule has 1 aromatic heterocycles. The van der Waals surface area contributed by atoms with Crippen LogP contribution in [0.1, 0.15) is 42.8 Å². The lowest BCUT2D eigenvalue weighted by atomic mass is 10.00. The Hall–Kier alpha value is -0.160. The summed E-state index contributed by atoms with van der Waals surface area (Å²) in [5, 5.41) is 3.58. The lowest BCUT2D eigenvalue weighted by Crippen LogP contribution is -2.17. The van der Waals surface area contributed by atoms with E-state index in [-0.39, 0.29) is 0 Å². The first-order valence-corrected chi connectivity index (χ1v) is 9.62. The summed E-state index contributed by atoms with van der Waals surface area (Å²) in [6.45, 7) is 7.63. The molecular formula is C17H21Br2NS. The minimum Gasteiger partial charge on any atom is -0.305 e. The third kappa shape index (κ3) is 5.20. The topological polar surface area (TPSA) is 12.0 Å². The van der Waals surface area contributed by atoms with Crippen molar-refractivity contribution in [2.24, 2.45) is 5.92 Å². The molecule has 0 amide bonds. The molecule has 0 fully saturated rings. The lowest BCUT2D eigenvalue weighted by molar-refractivity contribution is 0.578. The van der Waals surface area contributed by atoms with Crippen LogP contribution in [0, 0.1) is 5.92 Å². The van der Waals surface area contributed by atoms with Gasteiger partial charge in [-0.05, 0) is 68.3 Å². The summed E-state index contributed by atoms with van der Waals surface area (Å²) in [7, 11) is 0. The molecule has 2 rings (SSSR count). The number of hydrogen-bond acceptors (Lipinski definition) is 2. The van der Waals surface area contributed by atoms with Crippen LogP contribution in [0.3, 0.4) is 0 Å². The summed E-state index contributed by atoms with van der Waals surface area (Å²) in [5.41, 5.74) is 2.77. The first kappa shape index (κ1) is 17.2. The second-order valence-electron chi connectivity index (χ2n) is 5.78. The Morgan fingerprint density at radius 1 is 1.10 bits per heavy atom. The van der Waals surface area contributed by atoms with Gasteiger partial charge in [-0.1, -0.05) is 38.1 Å². The Kier molecular flexibility index (Phi) is 6.48. The van der Waals surface area contributed by atoms with Crippen molar-refractivity contribution in [3.63, 3.8) is 0 Å². The van der Waals surface area contributed by atoms with Gasteiger partial charge in [-0.15, -0.1) is 11.3 Å². The molecule has 1 aromatic carbocycles. The number of hydrogen-bond donors (Lipinski definition) is 1. The third-order valence-corrected chi connectivity index (χ3v) is 6.66. The van der Waals surface area contributed by atoms with Crippen LogP contribution < -0.4 is 5.32 Å². The van der Waals surface area contributed by atoms with Crippen LogP contribution in [0.15, 0.2) is 38.6 Å². The standard InChI is InChI=1S/C17H21Br2NS/c1-11(2)8-13-4-6-14(7-5-13)12(3)20-10-15-9-16(18)17(19)21-15/h4-7,9,11-12,20H,8,10H2,1-3H3. The zero-order valence-electron chi connectivity index (χ0n) is 12.6. The molecule has 4 heteroatoms. The van der Waals surface area contributed by atoms with Gasteiger partial charge in [-0.25, -0.2) is 0 Å². The second kappa shape index (κ2) is 7.91. The molecule has 114 valence electrons. The van der Waals surface area contributed by atoms with Gasteiger partial charge < -0.3 is 5.32 Å². The van der Waals surface area contributed by atoms with Crippen LogP contribution in [0.25, 0.3) is 0 Å². The number of halogens is 2. The molecule has 1 nitrogen and oxygen atoms in total. The summed E-state index contributed by atoms with van der Waals surface area (Å²) in [5.74, 6) is 0.710. The fourth-order valence-electron chi connectivity index (χ4n) is 2.26. The Balaban J connectivity index is 1.92. The van der Waals surface area contributed by atoms with E-state index >= 15 is 0 Å². The van der Waals surface area contributed by atoms with Gasteiger partial charge in [0.25, 0.3) is 0 Å². The molecule has 1 unspecified atom stereocenters. The highest BCUT2D eigenvalue weighted by atomic mass is 79.9. The van der Waals surface area contributed by atoms with E-state index in [9.17, 15) is 0 Å². The van der Waals surface area contributed by atoms with Crippen molar-refractivity contribution >= 4 is 43.2 Å². The highest BCUT2D eigenvalue weighted by molar-refractivity contribution is 9.13. The summed E-state index contributed by atoms with van der Waals surface area (Å²) < 4.78 is 2.29. The van der Waals surface area contributed by atoms with Gasteiger partial charge in [0.05, 0.1) is 3.79 Å². The Bertz CT molecular complexity index is 555. The summed E-state index contributed by atoms with van der Waals surface area (Å²) >= 11 is 8.84. The molecule has 0 aliphatic heterocycles. The highest BCUT2D eigenvalue weighted by Gasteiger charge is 2.08. The molecule has 21 heavy (non-hydrogen) atoms. The van der Waals surface area contributed by atoms with Crippen molar-refractivity contribution in [2.75, 3.05) is 0 Å². The van der Waals surface area contributed by atoms with Gasteiger partial charge >= 0.3 is 0 Å². The van der Waals surface area contributed by atoms with E-state index in [1.165, 1.54) is 16.0 Å². The van der Waals surface area contributed by atoms with Gasteiger partial charge in [0, 0.05) is 21.9 Å². The van der Waals surface area contributed by atoms with Gasteiger partial charge in [0.1, 0.15) is 0 Å². The van der Waals surface area contributed by atoms with Crippen LogP contribution in [-0.4, -0.2) is 0 Å². The van der Waals surface area contributed by atoms with Crippen molar-refractivity contribution in [3.05, 3.63) is 54.6 Å². The van der Waals surface area contributed by atoms with E-state index in [2.05, 4.69) is 88.3 Å². The van der Waals surface area contributed by atoms with E-state index in [4.69, 9.17) is 0 Å². The number of rotatable bonds is 6. The molecular weight excluding hydrogens is 410 g/mol. The smallest absolute Gasteiger partial charge is 0.0843 e. The number of benzene rings is 1. The minimum atomic E-state index is 0.359. The maximum absolute atomic E-state index is 3.58. The van der Waals surface area contributed by atoms with Gasteiger partial charge in [0.15, 0.2) is 0 Å². The van der Waals surface area contributed by atoms with Crippen LogP contribution >= 0.6 is 43.2 Å². The van der Waals surface area contributed by atoms with Crippen molar-refractivity contribution < 1.29 is 0 Å². The van der Waals surface area contributed by atoms with E-state index in [1.54, 1.807) is 11.3 Å². The van der Waals surface area contributed by atoms with E-state index in [0.29, 0.717) is 12.0 Å². The maximum atomic E-state index is 3.58. The third-order valence-electron chi connectivity index (χ3n) is 3.40. The Morgan fingerprint density at radius 3 is 2.29 bits per heavy atom. The predicted molar refractivity (Wildman–Crippen MR) is 100.0 cm³/mol. The fourth-order valence-corrected chi connectivity index (χ4v) is 4.39. The van der Waals surface area contributed by atoms with Crippen molar-refractivity contribution in [2.45, 2.75) is 39.8 Å². The van der Waals surface area contributed by atoms with Crippen molar-refractivity contribution in [1.82, 2.24) is 5.32 Å². The van der Waals surface area contributed by atoms with E-state index < -0.39 is 0 Å². The molecule has 2 aromatic rings. The molecule has 0 aliphatic carbocycles. The molecule has 1 atom stereocenters. The molecule has 0 saturated carbocycles. The molecule has 0 saturated heterocycles. The van der Waals surface area contributed by atoms with Crippen molar-refractivity contribution in [1.29, 1.82) is 0 Å². The number of nitrogens with one attached hydrogen (secondary N) is 1. The van der Waals surface area contributed by atoms with E-state index in [1.807, 2.05) is 0 Å². The first-order valence-electron chi connectivity index (χ1n) is 7.21. The molecule has 1 N–H and O–H groups in total. The van der Waals surface area contributed by atoms with Gasteiger partial charge in [-0.3, -0.25) is 0 Å². The van der Waals surface area contributed by atoms with Crippen LogP contribution in [0.4, 0.5) is 0 Å². The second-order valence-corrected chi connectivity index (χ2v) is 9.09. The maximum Gasteiger partial charge on any atom is 0.0843 e. The zero-order valence-corrected chi connectivity index (χ0v) is 16.6. The summed E-state index contributed by atoms with van der Waals surface area (Å²) in [6, 6.07) is 11.5. The van der Waals surface area contributed by atoms with E-state index in [0.717, 1.165) is 21.2 Å². The normalized spacial score (nSPS) is 12.9. The zero-order chi connectivity index (χ0) is 15.4. The minimum absolute atomic E-state index is 0.359. The average Bonchev–Trinajstić information content (AvgIpc) is 2.75. The average molecular weight is 431 g/mol. The summed E-state index contributed by atoms with van der Waals surface area (Å²) in [4.78, 5) is 1.33. The lowest BCUT2D eigenvalue weighted by Gasteiger charge is -2.14. The van der Waals surface area contributed by atoms with Crippen molar-refractivity contribution in [3.8, 4) is 0 Å². The Morgan fingerprint density at radius 2 is 1.76 bits per heavy atom. The van der Waals surface area contributed by atoms with Crippen LogP contribution in [0.5, 0.6) is 0 Å². The monoisotopic (exact) mass is 429 g/mol. The Labute approximate surface area is 148 Å². The van der Waals surface area contributed by atoms with Crippen LogP contribution in [-0.2, 0) is 13.0 Å². The van der Waals surface area contributed by atoms with Gasteiger partial charge in [-0.2, -0.15) is 0 Å². The first-order chi connectivity index (χ1) is 9.95. The molecule has 1 heterocycles. The fraction of sp³-hybridized carbons (Fsp3) is 0.412. The molecule has 0 bridgehead atoms. The van der Waals surface area contributed by atoms with Crippen LogP contribution in [0.2, 0.25) is 0 Å². The summed E-state index contributed by atoms with van der Waals surface area (Å²) in [6.07, 6.45) is 1.15. The predicted octanol–water partition coefficient (Wildman–Crippen LogP) is 6.32. The number of thiophene rings is 1. The SMILES string of the molecule is CC(C)Cc1ccc(C(C)NCc2cc(Br)c(Br)s2)cc1. The highest BCUT2D eigenvalue weighted by Crippen LogP contribution is 2.32. The van der Waals surface area contributed by atoms with Gasteiger partial charge in [0.2, 0.25) is 0 Å². The largest absolute Gasteiger partial charge is 0.305 e. The molecule has 0 radical (unpaired) electrons. The molecule has 0 aliphatic rings. The molecule has 0 spiro atoms. The quantitative estimate of drug-likeness (QED) is 0.564.